The molecule has 2 heterocycles. The Morgan fingerprint density at radius 1 is 1.16 bits per heavy atom. The summed E-state index contributed by atoms with van der Waals surface area (Å²) in [5.41, 5.74) is 3.53. The molecule has 1 N–H and O–H groups in total. The summed E-state index contributed by atoms with van der Waals surface area (Å²) in [4.78, 5) is 27.8. The molecule has 1 aromatic carbocycles. The van der Waals surface area contributed by atoms with Gasteiger partial charge in [-0.15, -0.1) is 11.3 Å². The van der Waals surface area contributed by atoms with E-state index in [1.165, 1.54) is 4.88 Å². The van der Waals surface area contributed by atoms with Crippen LogP contribution in [0.5, 0.6) is 5.75 Å². The fourth-order valence-corrected chi connectivity index (χ4v) is 5.31. The van der Waals surface area contributed by atoms with Crippen LogP contribution in [0.2, 0.25) is 0 Å². The number of nitrogens with one attached hydrogen (secondary N) is 1. The van der Waals surface area contributed by atoms with Gasteiger partial charge in [-0.1, -0.05) is 18.2 Å². The third kappa shape index (κ3) is 4.36. The molecule has 0 saturated carbocycles. The van der Waals surface area contributed by atoms with Crippen molar-refractivity contribution in [2.75, 3.05) is 27.4 Å². The fourth-order valence-electron chi connectivity index (χ4n) is 4.48. The number of rotatable bonds is 7. The van der Waals surface area contributed by atoms with Crippen LogP contribution in [0.1, 0.15) is 42.0 Å². The molecule has 32 heavy (non-hydrogen) atoms. The molecule has 2 aliphatic rings. The topological polar surface area (TPSA) is 73.9 Å². The lowest BCUT2D eigenvalue weighted by Gasteiger charge is -2.36. The predicted molar refractivity (Wildman–Crippen MR) is 123 cm³/mol. The van der Waals surface area contributed by atoms with E-state index >= 15 is 0 Å². The third-order valence-corrected chi connectivity index (χ3v) is 6.98. The minimum Gasteiger partial charge on any atom is -0.497 e. The first-order valence-corrected chi connectivity index (χ1v) is 11.5. The Morgan fingerprint density at radius 2 is 2.00 bits per heavy atom. The predicted octanol–water partition coefficient (Wildman–Crippen LogP) is 4.31. The van der Waals surface area contributed by atoms with Crippen LogP contribution >= 0.6 is 11.3 Å². The molecule has 4 rings (SSSR count). The average Bonchev–Trinajstić information content (AvgIpc) is 3.33. The van der Waals surface area contributed by atoms with Crippen LogP contribution < -0.4 is 10.1 Å². The number of Topliss-reactive ketones (excluding diaryl/α,β-unsaturated/α-hetero) is 1. The van der Waals surface area contributed by atoms with Crippen molar-refractivity contribution in [3.8, 4) is 5.75 Å². The van der Waals surface area contributed by atoms with Gasteiger partial charge in [0, 0.05) is 47.2 Å². The Labute approximate surface area is 191 Å². The summed E-state index contributed by atoms with van der Waals surface area (Å²) in [6.45, 7) is 2.32. The van der Waals surface area contributed by atoms with Gasteiger partial charge < -0.3 is 19.5 Å². The van der Waals surface area contributed by atoms with Crippen LogP contribution in [0.3, 0.4) is 0 Å². The number of thiophene rings is 1. The smallest absolute Gasteiger partial charge is 0.336 e. The number of dihydropyridines is 1. The fraction of sp³-hybridized carbons (Fsp3) is 0.360. The summed E-state index contributed by atoms with van der Waals surface area (Å²) in [5.74, 6) is -0.0807. The molecule has 0 bridgehead atoms. The number of carbonyl (C=O) groups is 2. The maximum absolute atomic E-state index is 13.5. The Hall–Kier alpha value is -2.90. The van der Waals surface area contributed by atoms with Crippen LogP contribution in [-0.2, 0) is 19.1 Å². The number of methoxy groups -OCH3 is 2. The number of esters is 1. The van der Waals surface area contributed by atoms with Crippen molar-refractivity contribution in [2.24, 2.45) is 0 Å². The summed E-state index contributed by atoms with van der Waals surface area (Å²) < 4.78 is 15.9. The first kappa shape index (κ1) is 22.3. The summed E-state index contributed by atoms with van der Waals surface area (Å²) in [7, 11) is 3.16. The van der Waals surface area contributed by atoms with Crippen molar-refractivity contribution in [3.63, 3.8) is 0 Å². The molecule has 2 aromatic rings. The molecule has 7 heteroatoms. The van der Waals surface area contributed by atoms with Crippen molar-refractivity contribution in [1.29, 1.82) is 0 Å². The van der Waals surface area contributed by atoms with E-state index in [-0.39, 0.29) is 18.3 Å². The maximum atomic E-state index is 13.5. The number of hydrogen-bond donors (Lipinski definition) is 1. The van der Waals surface area contributed by atoms with E-state index in [1.807, 2.05) is 42.6 Å². The number of carbonyl (C=O) groups excluding carboxylic acids is 2. The standard InChI is InChI=1S/C25H27NO5S/c1-15-22(25(28)31-10-9-29-2)23(16-6-4-7-18(12-16)30-3)24-19(26-15)13-17(14-20(24)27)21-8-5-11-32-21/h4-8,11-12,17,23,26H,9-10,13-14H2,1-3H3/t17-,23+/m0/s1. The van der Waals surface area contributed by atoms with Crippen molar-refractivity contribution >= 4 is 23.1 Å². The van der Waals surface area contributed by atoms with Crippen LogP contribution in [0.15, 0.2) is 64.3 Å². The molecule has 0 radical (unpaired) electrons. The van der Waals surface area contributed by atoms with Crippen LogP contribution in [0.4, 0.5) is 0 Å². The van der Waals surface area contributed by atoms with E-state index in [2.05, 4.69) is 11.4 Å². The zero-order chi connectivity index (χ0) is 22.7. The van der Waals surface area contributed by atoms with Gasteiger partial charge >= 0.3 is 5.97 Å². The van der Waals surface area contributed by atoms with Crippen LogP contribution in [-0.4, -0.2) is 39.2 Å². The molecule has 6 nitrogen and oxygen atoms in total. The van der Waals surface area contributed by atoms with Crippen LogP contribution in [0.25, 0.3) is 0 Å². The first-order chi connectivity index (χ1) is 15.5. The Balaban J connectivity index is 1.76. The zero-order valence-corrected chi connectivity index (χ0v) is 19.3. The highest BCUT2D eigenvalue weighted by atomic mass is 32.1. The lowest BCUT2D eigenvalue weighted by Crippen LogP contribution is -2.36. The Kier molecular flexibility index (Phi) is 6.77. The number of benzene rings is 1. The van der Waals surface area contributed by atoms with E-state index in [0.717, 1.165) is 17.7 Å². The van der Waals surface area contributed by atoms with Gasteiger partial charge in [0.2, 0.25) is 0 Å². The van der Waals surface area contributed by atoms with Gasteiger partial charge in [0.15, 0.2) is 5.78 Å². The van der Waals surface area contributed by atoms with Gasteiger partial charge in [-0.3, -0.25) is 4.79 Å². The van der Waals surface area contributed by atoms with E-state index in [0.29, 0.717) is 35.6 Å². The number of ketones is 1. The number of allylic oxidation sites excluding steroid dienone is 3. The lowest BCUT2D eigenvalue weighted by molar-refractivity contribution is -0.140. The molecule has 1 aromatic heterocycles. The SMILES string of the molecule is COCCOC(=O)C1=C(C)NC2=C(C(=O)C[C@@H](c3cccs3)C2)[C@@H]1c1cccc(OC)c1. The molecule has 2 atom stereocenters. The van der Waals surface area contributed by atoms with Crippen LogP contribution in [0, 0.1) is 0 Å². The minimum absolute atomic E-state index is 0.0552. The molecule has 1 aliphatic carbocycles. The maximum Gasteiger partial charge on any atom is 0.336 e. The first-order valence-electron chi connectivity index (χ1n) is 10.6. The van der Waals surface area contributed by atoms with Gasteiger partial charge in [0.25, 0.3) is 0 Å². The normalized spacial score (nSPS) is 20.7. The van der Waals surface area contributed by atoms with E-state index in [4.69, 9.17) is 14.2 Å². The number of ether oxygens (including phenoxy) is 3. The zero-order valence-electron chi connectivity index (χ0n) is 18.5. The number of hydrogen-bond acceptors (Lipinski definition) is 7. The monoisotopic (exact) mass is 453 g/mol. The summed E-state index contributed by atoms with van der Waals surface area (Å²) in [6, 6.07) is 11.6. The second-order valence-corrected chi connectivity index (χ2v) is 8.92. The lowest BCUT2D eigenvalue weighted by atomic mass is 9.72. The molecule has 0 saturated heterocycles. The van der Waals surface area contributed by atoms with Crippen molar-refractivity contribution < 1.29 is 23.8 Å². The highest BCUT2D eigenvalue weighted by Crippen LogP contribution is 2.46. The third-order valence-electron chi connectivity index (χ3n) is 5.94. The highest BCUT2D eigenvalue weighted by Gasteiger charge is 2.41. The van der Waals surface area contributed by atoms with E-state index < -0.39 is 11.9 Å². The molecule has 0 unspecified atom stereocenters. The quantitative estimate of drug-likeness (QED) is 0.498. The molecular formula is C25H27NO5S. The Bertz CT molecular complexity index is 1070. The molecule has 1 aliphatic heterocycles. The molecule has 168 valence electrons. The van der Waals surface area contributed by atoms with Gasteiger partial charge in [-0.05, 0) is 42.5 Å². The second kappa shape index (κ2) is 9.71. The second-order valence-electron chi connectivity index (χ2n) is 7.94. The summed E-state index contributed by atoms with van der Waals surface area (Å²) in [6.07, 6.45) is 1.15. The van der Waals surface area contributed by atoms with Gasteiger partial charge in [0.05, 0.1) is 19.3 Å². The van der Waals surface area contributed by atoms with Gasteiger partial charge in [-0.25, -0.2) is 4.79 Å². The van der Waals surface area contributed by atoms with Crippen molar-refractivity contribution in [1.82, 2.24) is 5.32 Å². The molecule has 0 fully saturated rings. The molecule has 0 amide bonds. The largest absolute Gasteiger partial charge is 0.497 e. The van der Waals surface area contributed by atoms with Crippen molar-refractivity contribution in [2.45, 2.75) is 31.6 Å². The van der Waals surface area contributed by atoms with Gasteiger partial charge in [-0.2, -0.15) is 0 Å². The highest BCUT2D eigenvalue weighted by molar-refractivity contribution is 7.10. The average molecular weight is 454 g/mol. The van der Waals surface area contributed by atoms with E-state index in [9.17, 15) is 9.59 Å². The van der Waals surface area contributed by atoms with Crippen molar-refractivity contribution in [3.05, 3.63) is 74.8 Å². The summed E-state index contributed by atoms with van der Waals surface area (Å²) >= 11 is 1.67. The minimum atomic E-state index is -0.506. The van der Waals surface area contributed by atoms with Gasteiger partial charge in [0.1, 0.15) is 12.4 Å². The van der Waals surface area contributed by atoms with E-state index in [1.54, 1.807) is 25.6 Å². The summed E-state index contributed by atoms with van der Waals surface area (Å²) in [5, 5.41) is 5.41. The molecule has 0 spiro atoms. The molecular weight excluding hydrogens is 426 g/mol. The Morgan fingerprint density at radius 3 is 2.72 bits per heavy atom.